The van der Waals surface area contributed by atoms with E-state index in [-0.39, 0.29) is 12.5 Å². The van der Waals surface area contributed by atoms with Crippen LogP contribution in [0.25, 0.3) is 0 Å². The van der Waals surface area contributed by atoms with Crippen molar-refractivity contribution in [3.05, 3.63) is 59.7 Å². The fourth-order valence-electron chi connectivity index (χ4n) is 2.61. The van der Waals surface area contributed by atoms with Gasteiger partial charge in [0, 0.05) is 19.2 Å². The topological polar surface area (TPSA) is 48.0 Å². The average molecular weight is 343 g/mol. The molecule has 0 heterocycles. The van der Waals surface area contributed by atoms with Gasteiger partial charge in [-0.2, -0.15) is 0 Å². The standard InChI is InChI=1S/C20H25NO4/c1-23-18-11-17(12-19(13-18)24-2)14-21(15-20(22)25-3)10-9-16-7-5-4-6-8-16/h4-8,11-13H,9-10,14-15H2,1-3H3. The average Bonchev–Trinajstić information content (AvgIpc) is 2.66. The van der Waals surface area contributed by atoms with Crippen LogP contribution in [0.15, 0.2) is 48.5 Å². The molecule has 0 aliphatic carbocycles. The minimum Gasteiger partial charge on any atom is -0.497 e. The van der Waals surface area contributed by atoms with Gasteiger partial charge in [0.25, 0.3) is 0 Å². The highest BCUT2D eigenvalue weighted by Gasteiger charge is 2.13. The van der Waals surface area contributed by atoms with Crippen LogP contribution < -0.4 is 9.47 Å². The molecular weight excluding hydrogens is 318 g/mol. The molecule has 0 aliphatic heterocycles. The predicted molar refractivity (Wildman–Crippen MR) is 97.0 cm³/mol. The molecule has 0 spiro atoms. The summed E-state index contributed by atoms with van der Waals surface area (Å²) in [6.07, 6.45) is 0.860. The molecule has 2 aromatic carbocycles. The molecule has 0 aliphatic rings. The van der Waals surface area contributed by atoms with E-state index in [9.17, 15) is 4.79 Å². The van der Waals surface area contributed by atoms with Crippen molar-refractivity contribution in [2.75, 3.05) is 34.4 Å². The summed E-state index contributed by atoms with van der Waals surface area (Å²) in [5.74, 6) is 1.22. The van der Waals surface area contributed by atoms with Gasteiger partial charge in [-0.15, -0.1) is 0 Å². The van der Waals surface area contributed by atoms with Gasteiger partial charge in [-0.3, -0.25) is 9.69 Å². The second-order valence-corrected chi connectivity index (χ2v) is 5.74. The van der Waals surface area contributed by atoms with Gasteiger partial charge < -0.3 is 14.2 Å². The van der Waals surface area contributed by atoms with Gasteiger partial charge in [0.2, 0.25) is 0 Å². The Morgan fingerprint density at radius 2 is 1.56 bits per heavy atom. The van der Waals surface area contributed by atoms with E-state index in [0.717, 1.165) is 30.0 Å². The zero-order valence-electron chi connectivity index (χ0n) is 15.0. The molecule has 134 valence electrons. The van der Waals surface area contributed by atoms with Gasteiger partial charge in [-0.05, 0) is 29.7 Å². The fourth-order valence-corrected chi connectivity index (χ4v) is 2.61. The van der Waals surface area contributed by atoms with E-state index in [1.54, 1.807) is 14.2 Å². The van der Waals surface area contributed by atoms with E-state index in [2.05, 4.69) is 17.0 Å². The van der Waals surface area contributed by atoms with Crippen molar-refractivity contribution >= 4 is 5.97 Å². The zero-order valence-corrected chi connectivity index (χ0v) is 15.0. The number of carbonyl (C=O) groups is 1. The Bertz CT molecular complexity index is 650. The maximum atomic E-state index is 11.8. The van der Waals surface area contributed by atoms with E-state index >= 15 is 0 Å². The van der Waals surface area contributed by atoms with Crippen LogP contribution in [-0.2, 0) is 22.5 Å². The van der Waals surface area contributed by atoms with Crippen LogP contribution in [0.4, 0.5) is 0 Å². The minimum atomic E-state index is -0.247. The lowest BCUT2D eigenvalue weighted by molar-refractivity contribution is -0.142. The molecule has 0 radical (unpaired) electrons. The monoisotopic (exact) mass is 343 g/mol. The number of methoxy groups -OCH3 is 3. The largest absolute Gasteiger partial charge is 0.497 e. The molecule has 25 heavy (non-hydrogen) atoms. The van der Waals surface area contributed by atoms with Crippen molar-refractivity contribution in [2.45, 2.75) is 13.0 Å². The molecule has 0 fully saturated rings. The van der Waals surface area contributed by atoms with Crippen LogP contribution in [0.5, 0.6) is 11.5 Å². The molecule has 0 saturated heterocycles. The number of rotatable bonds is 9. The van der Waals surface area contributed by atoms with Crippen molar-refractivity contribution in [1.29, 1.82) is 0 Å². The number of benzene rings is 2. The van der Waals surface area contributed by atoms with Gasteiger partial charge in [-0.1, -0.05) is 30.3 Å². The van der Waals surface area contributed by atoms with Crippen molar-refractivity contribution in [3.63, 3.8) is 0 Å². The maximum Gasteiger partial charge on any atom is 0.319 e. The molecule has 0 saturated carbocycles. The lowest BCUT2D eigenvalue weighted by atomic mass is 10.1. The van der Waals surface area contributed by atoms with Crippen LogP contribution in [0.1, 0.15) is 11.1 Å². The van der Waals surface area contributed by atoms with E-state index in [4.69, 9.17) is 14.2 Å². The zero-order chi connectivity index (χ0) is 18.1. The number of hydrogen-bond acceptors (Lipinski definition) is 5. The molecule has 0 atom stereocenters. The number of hydrogen-bond donors (Lipinski definition) is 0. The molecule has 0 bridgehead atoms. The molecule has 5 heteroatoms. The van der Waals surface area contributed by atoms with Gasteiger partial charge >= 0.3 is 5.97 Å². The molecule has 5 nitrogen and oxygen atoms in total. The Balaban J connectivity index is 2.10. The normalized spacial score (nSPS) is 10.6. The van der Waals surface area contributed by atoms with E-state index in [1.165, 1.54) is 12.7 Å². The van der Waals surface area contributed by atoms with Gasteiger partial charge in [-0.25, -0.2) is 0 Å². The summed E-state index contributed by atoms with van der Waals surface area (Å²) >= 11 is 0. The van der Waals surface area contributed by atoms with Gasteiger partial charge in [0.1, 0.15) is 11.5 Å². The smallest absolute Gasteiger partial charge is 0.319 e. The third kappa shape index (κ3) is 6.12. The summed E-state index contributed by atoms with van der Waals surface area (Å²) in [4.78, 5) is 13.8. The van der Waals surface area contributed by atoms with E-state index in [0.29, 0.717) is 6.54 Å². The molecule has 0 unspecified atom stereocenters. The maximum absolute atomic E-state index is 11.8. The molecule has 2 aromatic rings. The quantitative estimate of drug-likeness (QED) is 0.655. The highest BCUT2D eigenvalue weighted by Crippen LogP contribution is 2.23. The Hall–Kier alpha value is -2.53. The Morgan fingerprint density at radius 1 is 0.920 bits per heavy atom. The Labute approximate surface area is 149 Å². The van der Waals surface area contributed by atoms with E-state index in [1.807, 2.05) is 36.4 Å². The number of carbonyl (C=O) groups excluding carboxylic acids is 1. The van der Waals surface area contributed by atoms with E-state index < -0.39 is 0 Å². The van der Waals surface area contributed by atoms with Crippen LogP contribution in [0.3, 0.4) is 0 Å². The van der Waals surface area contributed by atoms with Crippen molar-refractivity contribution in [2.24, 2.45) is 0 Å². The summed E-state index contributed by atoms with van der Waals surface area (Å²) in [7, 11) is 4.66. The van der Waals surface area contributed by atoms with Crippen molar-refractivity contribution < 1.29 is 19.0 Å². The van der Waals surface area contributed by atoms with Crippen LogP contribution in [0, 0.1) is 0 Å². The highest BCUT2D eigenvalue weighted by atomic mass is 16.5. The second kappa shape index (κ2) is 9.69. The second-order valence-electron chi connectivity index (χ2n) is 5.74. The summed E-state index contributed by atoms with van der Waals surface area (Å²) in [6, 6.07) is 16.0. The summed E-state index contributed by atoms with van der Waals surface area (Å²) in [6.45, 7) is 1.59. The first-order valence-electron chi connectivity index (χ1n) is 8.19. The highest BCUT2D eigenvalue weighted by molar-refractivity contribution is 5.71. The van der Waals surface area contributed by atoms with Crippen LogP contribution >= 0.6 is 0 Å². The molecular formula is C20H25NO4. The van der Waals surface area contributed by atoms with Crippen LogP contribution in [0.2, 0.25) is 0 Å². The van der Waals surface area contributed by atoms with Gasteiger partial charge in [0.05, 0.1) is 27.9 Å². The molecule has 0 aromatic heterocycles. The molecule has 0 amide bonds. The van der Waals surface area contributed by atoms with Crippen molar-refractivity contribution in [1.82, 2.24) is 4.90 Å². The van der Waals surface area contributed by atoms with Gasteiger partial charge in [0.15, 0.2) is 0 Å². The molecule has 2 rings (SSSR count). The predicted octanol–water partition coefficient (Wildman–Crippen LogP) is 2.92. The first kappa shape index (κ1) is 18.8. The minimum absolute atomic E-state index is 0.239. The lowest BCUT2D eigenvalue weighted by Crippen LogP contribution is -2.32. The van der Waals surface area contributed by atoms with Crippen LogP contribution in [-0.4, -0.2) is 45.3 Å². The SMILES string of the molecule is COC(=O)CN(CCc1ccccc1)Cc1cc(OC)cc(OC)c1. The first-order chi connectivity index (χ1) is 12.1. The third-order valence-corrected chi connectivity index (χ3v) is 3.96. The summed E-state index contributed by atoms with van der Waals surface area (Å²) in [5, 5.41) is 0. The Morgan fingerprint density at radius 3 is 2.12 bits per heavy atom. The molecule has 0 N–H and O–H groups in total. The number of nitrogens with zero attached hydrogens (tertiary/aromatic N) is 1. The number of esters is 1. The Kier molecular flexibility index (Phi) is 7.29. The summed E-state index contributed by atoms with van der Waals surface area (Å²) in [5.41, 5.74) is 2.26. The first-order valence-corrected chi connectivity index (χ1v) is 8.19. The lowest BCUT2D eigenvalue weighted by Gasteiger charge is -2.22. The number of ether oxygens (including phenoxy) is 3. The van der Waals surface area contributed by atoms with Crippen molar-refractivity contribution in [3.8, 4) is 11.5 Å². The fraction of sp³-hybridized carbons (Fsp3) is 0.350. The summed E-state index contributed by atoms with van der Waals surface area (Å²) < 4.78 is 15.5. The third-order valence-electron chi connectivity index (χ3n) is 3.96.